The number of fused-ring (bicyclic) bond motifs is 1. The molecule has 0 radical (unpaired) electrons. The molecule has 4 rings (SSSR count). The highest BCUT2D eigenvalue weighted by molar-refractivity contribution is 7.07. The molecular formula is C15H19N3O2S. The van der Waals surface area contributed by atoms with Crippen LogP contribution in [0.4, 0.5) is 0 Å². The van der Waals surface area contributed by atoms with Crippen molar-refractivity contribution in [1.29, 1.82) is 0 Å². The van der Waals surface area contributed by atoms with Gasteiger partial charge in [-0.05, 0) is 42.2 Å². The van der Waals surface area contributed by atoms with Gasteiger partial charge in [0.25, 0.3) is 0 Å². The van der Waals surface area contributed by atoms with Gasteiger partial charge in [-0.15, -0.1) is 0 Å². The Morgan fingerprint density at radius 3 is 3.19 bits per heavy atom. The maximum atomic E-state index is 5.94. The van der Waals surface area contributed by atoms with Gasteiger partial charge in [-0.25, -0.2) is 0 Å². The first-order valence-electron chi connectivity index (χ1n) is 7.46. The van der Waals surface area contributed by atoms with Crippen molar-refractivity contribution in [3.8, 4) is 0 Å². The molecule has 4 heterocycles. The number of aromatic nitrogens is 2. The van der Waals surface area contributed by atoms with Crippen molar-refractivity contribution in [3.63, 3.8) is 0 Å². The maximum absolute atomic E-state index is 5.94. The summed E-state index contributed by atoms with van der Waals surface area (Å²) in [7, 11) is 0. The molecule has 0 spiro atoms. The lowest BCUT2D eigenvalue weighted by Crippen LogP contribution is -2.48. The van der Waals surface area contributed by atoms with E-state index in [0.717, 1.165) is 38.4 Å². The molecule has 112 valence electrons. The number of rotatable bonds is 3. The van der Waals surface area contributed by atoms with Crippen molar-refractivity contribution in [3.05, 3.63) is 34.1 Å². The summed E-state index contributed by atoms with van der Waals surface area (Å²) in [5.41, 5.74) is 1.38. The summed E-state index contributed by atoms with van der Waals surface area (Å²) in [6.07, 6.45) is 2.42. The molecule has 2 fully saturated rings. The molecule has 0 N–H and O–H groups in total. The summed E-state index contributed by atoms with van der Waals surface area (Å²) >= 11 is 1.76. The van der Waals surface area contributed by atoms with Crippen molar-refractivity contribution in [2.75, 3.05) is 13.2 Å². The lowest BCUT2D eigenvalue weighted by molar-refractivity contribution is 0.00852. The fraction of sp³-hybridized carbons (Fsp3) is 0.600. The predicted molar refractivity (Wildman–Crippen MR) is 79.3 cm³/mol. The fourth-order valence-electron chi connectivity index (χ4n) is 3.51. The zero-order valence-corrected chi connectivity index (χ0v) is 12.9. The third-order valence-electron chi connectivity index (χ3n) is 4.47. The van der Waals surface area contributed by atoms with Crippen LogP contribution < -0.4 is 0 Å². The summed E-state index contributed by atoms with van der Waals surface area (Å²) in [6, 6.07) is 2.74. The van der Waals surface area contributed by atoms with Crippen LogP contribution in [-0.2, 0) is 11.3 Å². The zero-order valence-electron chi connectivity index (χ0n) is 12.1. The summed E-state index contributed by atoms with van der Waals surface area (Å²) in [4.78, 5) is 6.96. The topological polar surface area (TPSA) is 51.4 Å². The summed E-state index contributed by atoms with van der Waals surface area (Å²) in [5, 5.41) is 8.30. The van der Waals surface area contributed by atoms with Gasteiger partial charge in [-0.3, -0.25) is 4.90 Å². The molecule has 0 aliphatic carbocycles. The highest BCUT2D eigenvalue weighted by Gasteiger charge is 2.42. The maximum Gasteiger partial charge on any atom is 0.231 e. The SMILES string of the molecule is Cc1noc([C@H]2C[C@H]3OCC[C@H]3N(Cc3ccsc3)C2)n1. The number of likely N-dealkylation sites (tertiary alicyclic amines) is 1. The quantitative estimate of drug-likeness (QED) is 0.872. The number of nitrogens with zero attached hydrogens (tertiary/aromatic N) is 3. The van der Waals surface area contributed by atoms with E-state index in [9.17, 15) is 0 Å². The van der Waals surface area contributed by atoms with Crippen molar-refractivity contribution < 1.29 is 9.26 Å². The molecular weight excluding hydrogens is 286 g/mol. The average molecular weight is 305 g/mol. The van der Waals surface area contributed by atoms with E-state index in [2.05, 4.69) is 31.9 Å². The third kappa shape index (κ3) is 2.63. The molecule has 2 aromatic heterocycles. The number of aryl methyl sites for hydroxylation is 1. The van der Waals surface area contributed by atoms with Gasteiger partial charge < -0.3 is 9.26 Å². The first kappa shape index (κ1) is 13.4. The third-order valence-corrected chi connectivity index (χ3v) is 5.21. The Bertz CT molecular complexity index is 598. The lowest BCUT2D eigenvalue weighted by atomic mass is 9.89. The molecule has 2 aromatic rings. The molecule has 5 nitrogen and oxygen atoms in total. The largest absolute Gasteiger partial charge is 0.377 e. The van der Waals surface area contributed by atoms with Crippen LogP contribution in [-0.4, -0.2) is 40.3 Å². The second kappa shape index (κ2) is 5.51. The Morgan fingerprint density at radius 2 is 2.43 bits per heavy atom. The van der Waals surface area contributed by atoms with Gasteiger partial charge in [0.2, 0.25) is 5.89 Å². The lowest BCUT2D eigenvalue weighted by Gasteiger charge is -2.39. The molecule has 0 amide bonds. The highest BCUT2D eigenvalue weighted by atomic mass is 32.1. The van der Waals surface area contributed by atoms with E-state index in [1.807, 2.05) is 6.92 Å². The molecule has 2 aliphatic rings. The van der Waals surface area contributed by atoms with Crippen LogP contribution in [0.5, 0.6) is 0 Å². The van der Waals surface area contributed by atoms with E-state index in [1.54, 1.807) is 11.3 Å². The van der Waals surface area contributed by atoms with E-state index in [4.69, 9.17) is 9.26 Å². The average Bonchev–Trinajstić information content (AvgIpc) is 3.18. The molecule has 3 atom stereocenters. The summed E-state index contributed by atoms with van der Waals surface area (Å²) in [5.74, 6) is 1.75. The monoisotopic (exact) mass is 305 g/mol. The zero-order chi connectivity index (χ0) is 14.2. The number of hydrogen-bond donors (Lipinski definition) is 0. The molecule has 0 saturated carbocycles. The standard InChI is InChI=1S/C15H19N3O2S/c1-10-16-15(20-17-10)12-6-14-13(2-4-19-14)18(8-12)7-11-3-5-21-9-11/h3,5,9,12-14H,2,4,6-8H2,1H3/t12-,13+,14+/m0/s1. The first-order valence-corrected chi connectivity index (χ1v) is 8.41. The minimum absolute atomic E-state index is 0.282. The van der Waals surface area contributed by atoms with Crippen LogP contribution in [0.15, 0.2) is 21.3 Å². The van der Waals surface area contributed by atoms with Crippen molar-refractivity contribution in [1.82, 2.24) is 15.0 Å². The molecule has 21 heavy (non-hydrogen) atoms. The van der Waals surface area contributed by atoms with Gasteiger partial charge >= 0.3 is 0 Å². The van der Waals surface area contributed by atoms with E-state index in [1.165, 1.54) is 5.56 Å². The van der Waals surface area contributed by atoms with Crippen LogP contribution in [0, 0.1) is 6.92 Å². The Balaban J connectivity index is 1.55. The molecule has 0 bridgehead atoms. The van der Waals surface area contributed by atoms with Crippen LogP contribution in [0.2, 0.25) is 0 Å². The number of piperidine rings is 1. The van der Waals surface area contributed by atoms with E-state index < -0.39 is 0 Å². The molecule has 0 aromatic carbocycles. The Morgan fingerprint density at radius 1 is 1.48 bits per heavy atom. The number of hydrogen-bond acceptors (Lipinski definition) is 6. The van der Waals surface area contributed by atoms with Crippen LogP contribution >= 0.6 is 11.3 Å². The summed E-state index contributed by atoms with van der Waals surface area (Å²) < 4.78 is 11.3. The van der Waals surface area contributed by atoms with Crippen LogP contribution in [0.25, 0.3) is 0 Å². The van der Waals surface area contributed by atoms with Gasteiger partial charge in [-0.1, -0.05) is 5.16 Å². The summed E-state index contributed by atoms with van der Waals surface area (Å²) in [6.45, 7) is 4.69. The van der Waals surface area contributed by atoms with E-state index in [0.29, 0.717) is 18.0 Å². The Hall–Kier alpha value is -1.24. The first-order chi connectivity index (χ1) is 10.3. The number of ether oxygens (including phenoxy) is 1. The van der Waals surface area contributed by atoms with Gasteiger partial charge in [0.05, 0.1) is 12.0 Å². The second-order valence-electron chi connectivity index (χ2n) is 5.94. The molecule has 2 saturated heterocycles. The minimum Gasteiger partial charge on any atom is -0.377 e. The predicted octanol–water partition coefficient (Wildman–Crippen LogP) is 2.59. The Labute approximate surface area is 127 Å². The highest BCUT2D eigenvalue weighted by Crippen LogP contribution is 2.36. The van der Waals surface area contributed by atoms with Gasteiger partial charge in [-0.2, -0.15) is 16.3 Å². The fourth-order valence-corrected chi connectivity index (χ4v) is 4.17. The smallest absolute Gasteiger partial charge is 0.231 e. The Kier molecular flexibility index (Phi) is 3.52. The van der Waals surface area contributed by atoms with Crippen LogP contribution in [0.3, 0.4) is 0 Å². The van der Waals surface area contributed by atoms with Gasteiger partial charge in [0.1, 0.15) is 0 Å². The van der Waals surface area contributed by atoms with Crippen molar-refractivity contribution in [2.24, 2.45) is 0 Å². The number of thiophene rings is 1. The molecule has 2 aliphatic heterocycles. The molecule has 6 heteroatoms. The van der Waals surface area contributed by atoms with E-state index >= 15 is 0 Å². The van der Waals surface area contributed by atoms with Crippen molar-refractivity contribution >= 4 is 11.3 Å². The second-order valence-corrected chi connectivity index (χ2v) is 6.72. The normalized spacial score (nSPS) is 29.7. The van der Waals surface area contributed by atoms with E-state index in [-0.39, 0.29) is 5.92 Å². The van der Waals surface area contributed by atoms with Crippen LogP contribution in [0.1, 0.15) is 36.0 Å². The van der Waals surface area contributed by atoms with Gasteiger partial charge in [0, 0.05) is 25.7 Å². The van der Waals surface area contributed by atoms with Crippen molar-refractivity contribution in [2.45, 2.75) is 44.4 Å². The molecule has 0 unspecified atom stereocenters. The minimum atomic E-state index is 0.282. The van der Waals surface area contributed by atoms with Gasteiger partial charge in [0.15, 0.2) is 5.82 Å².